The van der Waals surface area contributed by atoms with Gasteiger partial charge in [0.1, 0.15) is 0 Å². The van der Waals surface area contributed by atoms with Crippen molar-refractivity contribution in [2.24, 2.45) is 0 Å². The quantitative estimate of drug-likeness (QED) is 0.858. The molecule has 0 aliphatic carbocycles. The third-order valence-electron chi connectivity index (χ3n) is 2.80. The highest BCUT2D eigenvalue weighted by atomic mass is 35.5. The number of aromatic nitrogens is 2. The summed E-state index contributed by atoms with van der Waals surface area (Å²) in [5.41, 5.74) is 0.285. The number of hydrogen-bond donors (Lipinski definition) is 1. The van der Waals surface area contributed by atoms with Gasteiger partial charge in [-0.15, -0.1) is 0 Å². The molecule has 0 aliphatic rings. The molecule has 7 heteroatoms. The minimum absolute atomic E-state index is 0.159. The van der Waals surface area contributed by atoms with Crippen LogP contribution in [0.2, 0.25) is 10.0 Å². The van der Waals surface area contributed by atoms with Crippen LogP contribution in [-0.4, -0.2) is 22.2 Å². The lowest BCUT2D eigenvalue weighted by Gasteiger charge is -2.07. The summed E-state index contributed by atoms with van der Waals surface area (Å²) in [7, 11) is 0. The number of carbonyl (C=O) groups excluding carboxylic acids is 1. The molecule has 1 N–H and O–H groups in total. The van der Waals surface area contributed by atoms with Crippen LogP contribution >= 0.6 is 23.2 Å². The highest BCUT2D eigenvalue weighted by Crippen LogP contribution is 2.22. The van der Waals surface area contributed by atoms with E-state index in [1.54, 1.807) is 24.4 Å². The second-order valence-electron chi connectivity index (χ2n) is 4.32. The SMILES string of the molecule is O=C(NCCCn1ncccc1=O)c1ccc(Cl)c(Cl)c1. The van der Waals surface area contributed by atoms with Gasteiger partial charge < -0.3 is 5.32 Å². The van der Waals surface area contributed by atoms with E-state index >= 15 is 0 Å². The van der Waals surface area contributed by atoms with Gasteiger partial charge in [0.15, 0.2) is 0 Å². The van der Waals surface area contributed by atoms with Crippen LogP contribution < -0.4 is 10.9 Å². The normalized spacial score (nSPS) is 10.4. The number of benzene rings is 1. The molecule has 0 bridgehead atoms. The fourth-order valence-corrected chi connectivity index (χ4v) is 2.02. The fraction of sp³-hybridized carbons (Fsp3) is 0.214. The summed E-state index contributed by atoms with van der Waals surface area (Å²) in [5.74, 6) is -0.234. The first-order valence-electron chi connectivity index (χ1n) is 6.33. The van der Waals surface area contributed by atoms with E-state index in [-0.39, 0.29) is 11.5 Å². The van der Waals surface area contributed by atoms with Crippen LogP contribution in [-0.2, 0) is 6.54 Å². The summed E-state index contributed by atoms with van der Waals surface area (Å²) in [4.78, 5) is 23.3. The monoisotopic (exact) mass is 325 g/mol. The Morgan fingerprint density at radius 2 is 2.05 bits per heavy atom. The smallest absolute Gasteiger partial charge is 0.266 e. The lowest BCUT2D eigenvalue weighted by Crippen LogP contribution is -2.27. The van der Waals surface area contributed by atoms with E-state index in [0.29, 0.717) is 35.1 Å². The molecule has 0 aliphatic heterocycles. The Bertz CT molecular complexity index is 701. The number of hydrogen-bond acceptors (Lipinski definition) is 3. The van der Waals surface area contributed by atoms with Crippen LogP contribution in [0.1, 0.15) is 16.8 Å². The van der Waals surface area contributed by atoms with Gasteiger partial charge in [-0.25, -0.2) is 4.68 Å². The molecular formula is C14H13Cl2N3O2. The number of nitrogens with zero attached hydrogens (tertiary/aromatic N) is 2. The molecule has 5 nitrogen and oxygen atoms in total. The van der Waals surface area contributed by atoms with Crippen molar-refractivity contribution in [2.45, 2.75) is 13.0 Å². The van der Waals surface area contributed by atoms with Crippen molar-refractivity contribution in [1.82, 2.24) is 15.1 Å². The number of carbonyl (C=O) groups is 1. The maximum atomic E-state index is 11.9. The highest BCUT2D eigenvalue weighted by molar-refractivity contribution is 6.42. The second-order valence-corrected chi connectivity index (χ2v) is 5.14. The first-order chi connectivity index (χ1) is 10.1. The van der Waals surface area contributed by atoms with Crippen LogP contribution in [0.3, 0.4) is 0 Å². The van der Waals surface area contributed by atoms with Gasteiger partial charge >= 0.3 is 0 Å². The molecule has 0 saturated heterocycles. The highest BCUT2D eigenvalue weighted by Gasteiger charge is 2.07. The summed E-state index contributed by atoms with van der Waals surface area (Å²) in [6.45, 7) is 0.878. The third kappa shape index (κ3) is 4.31. The van der Waals surface area contributed by atoms with Crippen LogP contribution in [0.15, 0.2) is 41.3 Å². The van der Waals surface area contributed by atoms with E-state index in [4.69, 9.17) is 23.2 Å². The molecule has 1 aromatic heterocycles. The van der Waals surface area contributed by atoms with Gasteiger partial charge in [-0.05, 0) is 30.7 Å². The number of aryl methyl sites for hydroxylation is 1. The van der Waals surface area contributed by atoms with Crippen molar-refractivity contribution in [2.75, 3.05) is 6.54 Å². The van der Waals surface area contributed by atoms with Crippen molar-refractivity contribution in [1.29, 1.82) is 0 Å². The molecule has 0 fully saturated rings. The van der Waals surface area contributed by atoms with Crippen molar-refractivity contribution < 1.29 is 4.79 Å². The second kappa shape index (κ2) is 7.24. The zero-order valence-corrected chi connectivity index (χ0v) is 12.6. The maximum Gasteiger partial charge on any atom is 0.266 e. The molecule has 1 aromatic carbocycles. The van der Waals surface area contributed by atoms with E-state index in [9.17, 15) is 9.59 Å². The largest absolute Gasteiger partial charge is 0.352 e. The summed E-state index contributed by atoms with van der Waals surface area (Å²) < 4.78 is 1.35. The predicted molar refractivity (Wildman–Crippen MR) is 81.9 cm³/mol. The molecular weight excluding hydrogens is 313 g/mol. The lowest BCUT2D eigenvalue weighted by atomic mass is 10.2. The molecule has 0 unspecified atom stereocenters. The van der Waals surface area contributed by atoms with Crippen molar-refractivity contribution >= 4 is 29.1 Å². The molecule has 0 radical (unpaired) electrons. The Hall–Kier alpha value is -1.85. The summed E-state index contributed by atoms with van der Waals surface area (Å²) in [6, 6.07) is 7.73. The van der Waals surface area contributed by atoms with Crippen molar-refractivity contribution in [3.05, 3.63) is 62.5 Å². The fourth-order valence-electron chi connectivity index (χ4n) is 1.73. The van der Waals surface area contributed by atoms with Crippen LogP contribution in [0.25, 0.3) is 0 Å². The van der Waals surface area contributed by atoms with E-state index in [1.165, 1.54) is 16.8 Å². The molecule has 21 heavy (non-hydrogen) atoms. The summed E-state index contributed by atoms with van der Waals surface area (Å²) in [6.07, 6.45) is 2.15. The minimum atomic E-state index is -0.234. The molecule has 2 rings (SSSR count). The Morgan fingerprint density at radius 3 is 2.76 bits per heavy atom. The van der Waals surface area contributed by atoms with Gasteiger partial charge in [0.2, 0.25) is 0 Å². The van der Waals surface area contributed by atoms with Gasteiger partial charge in [0.05, 0.1) is 10.0 Å². The van der Waals surface area contributed by atoms with Gasteiger partial charge in [-0.2, -0.15) is 5.10 Å². The van der Waals surface area contributed by atoms with Gasteiger partial charge in [0.25, 0.3) is 11.5 Å². The number of rotatable bonds is 5. The number of halogens is 2. The average molecular weight is 326 g/mol. The zero-order valence-electron chi connectivity index (χ0n) is 11.1. The topological polar surface area (TPSA) is 64.0 Å². The zero-order chi connectivity index (χ0) is 15.2. The van der Waals surface area contributed by atoms with E-state index in [2.05, 4.69) is 10.4 Å². The Morgan fingerprint density at radius 1 is 1.24 bits per heavy atom. The molecule has 1 heterocycles. The molecule has 1 amide bonds. The van der Waals surface area contributed by atoms with E-state index in [0.717, 1.165) is 0 Å². The minimum Gasteiger partial charge on any atom is -0.352 e. The van der Waals surface area contributed by atoms with Gasteiger partial charge in [-0.1, -0.05) is 23.2 Å². The third-order valence-corrected chi connectivity index (χ3v) is 3.54. The predicted octanol–water partition coefficient (Wildman–Crippen LogP) is 2.37. The molecule has 110 valence electrons. The standard InChI is InChI=1S/C14H13Cl2N3O2/c15-11-5-4-10(9-12(11)16)14(21)17-6-2-8-19-13(20)3-1-7-18-19/h1,3-5,7,9H,2,6,8H2,(H,17,21). The van der Waals surface area contributed by atoms with Crippen molar-refractivity contribution in [3.8, 4) is 0 Å². The lowest BCUT2D eigenvalue weighted by molar-refractivity contribution is 0.0952. The molecule has 0 atom stereocenters. The summed E-state index contributed by atoms with van der Waals surface area (Å²) >= 11 is 11.7. The van der Waals surface area contributed by atoms with Gasteiger partial charge in [-0.3, -0.25) is 9.59 Å². The maximum absolute atomic E-state index is 11.9. The van der Waals surface area contributed by atoms with Crippen LogP contribution in [0.4, 0.5) is 0 Å². The van der Waals surface area contributed by atoms with Crippen molar-refractivity contribution in [3.63, 3.8) is 0 Å². The number of nitrogens with one attached hydrogen (secondary N) is 1. The molecule has 0 saturated carbocycles. The number of amides is 1. The first-order valence-corrected chi connectivity index (χ1v) is 7.09. The van der Waals surface area contributed by atoms with E-state index in [1.807, 2.05) is 0 Å². The Kier molecular flexibility index (Phi) is 5.36. The molecule has 0 spiro atoms. The molecule has 2 aromatic rings. The Balaban J connectivity index is 1.83. The average Bonchev–Trinajstić information content (AvgIpc) is 2.48. The van der Waals surface area contributed by atoms with E-state index < -0.39 is 0 Å². The van der Waals surface area contributed by atoms with Crippen LogP contribution in [0, 0.1) is 0 Å². The van der Waals surface area contributed by atoms with Gasteiger partial charge in [0, 0.05) is 30.9 Å². The Labute approximate surface area is 131 Å². The summed E-state index contributed by atoms with van der Waals surface area (Å²) in [5, 5.41) is 7.43. The van der Waals surface area contributed by atoms with Crippen LogP contribution in [0.5, 0.6) is 0 Å². The first kappa shape index (κ1) is 15.5.